The molecule has 0 saturated carbocycles. The van der Waals surface area contributed by atoms with Crippen LogP contribution in [0.5, 0.6) is 5.75 Å². The second-order valence-electron chi connectivity index (χ2n) is 9.22. The molecule has 1 aromatic carbocycles. The lowest BCUT2D eigenvalue weighted by Gasteiger charge is -2.18. The van der Waals surface area contributed by atoms with Crippen LogP contribution in [0.2, 0.25) is 10.0 Å². The summed E-state index contributed by atoms with van der Waals surface area (Å²) in [6.07, 6.45) is 1.91. The first-order chi connectivity index (χ1) is 19.3. The van der Waals surface area contributed by atoms with Gasteiger partial charge in [0.15, 0.2) is 11.6 Å². The van der Waals surface area contributed by atoms with Crippen molar-refractivity contribution >= 4 is 51.8 Å². The second kappa shape index (κ2) is 11.8. The van der Waals surface area contributed by atoms with E-state index < -0.39 is 18.0 Å². The molecule has 10 nitrogen and oxygen atoms in total. The summed E-state index contributed by atoms with van der Waals surface area (Å²) < 4.78 is 19.9. The predicted molar refractivity (Wildman–Crippen MR) is 149 cm³/mol. The maximum atomic E-state index is 13.5. The maximum absolute atomic E-state index is 13.5. The molecule has 1 saturated heterocycles. The molecule has 208 valence electrons. The van der Waals surface area contributed by atoms with Crippen molar-refractivity contribution in [1.82, 2.24) is 14.0 Å². The molecule has 0 spiro atoms. The molecule has 1 aliphatic rings. The van der Waals surface area contributed by atoms with Crippen molar-refractivity contribution < 1.29 is 23.8 Å². The van der Waals surface area contributed by atoms with Crippen molar-refractivity contribution in [2.75, 3.05) is 13.2 Å². The zero-order valence-electron chi connectivity index (χ0n) is 21.8. The number of esters is 1. The number of pyridine rings is 2. The van der Waals surface area contributed by atoms with Crippen molar-refractivity contribution in [1.29, 1.82) is 0 Å². The molecule has 4 aromatic rings. The fraction of sp³-hybridized carbons (Fsp3) is 0.321. The van der Waals surface area contributed by atoms with Crippen molar-refractivity contribution in [3.8, 4) is 5.75 Å². The van der Waals surface area contributed by atoms with Crippen LogP contribution in [-0.2, 0) is 20.8 Å². The summed E-state index contributed by atoms with van der Waals surface area (Å²) in [5, 5.41) is 0.825. The number of carbonyl (C=O) groups is 2. The summed E-state index contributed by atoms with van der Waals surface area (Å²) in [5.74, 6) is -1.17. The first-order valence-electron chi connectivity index (χ1n) is 12.8. The van der Waals surface area contributed by atoms with Gasteiger partial charge in [0.25, 0.3) is 11.5 Å². The van der Waals surface area contributed by atoms with Gasteiger partial charge in [0, 0.05) is 17.8 Å². The molecule has 4 heterocycles. The number of hydrogen-bond acceptors (Lipinski definition) is 7. The van der Waals surface area contributed by atoms with Gasteiger partial charge in [-0.1, -0.05) is 29.3 Å². The number of ether oxygens (including phenoxy) is 3. The summed E-state index contributed by atoms with van der Waals surface area (Å²) in [7, 11) is 0. The van der Waals surface area contributed by atoms with Crippen molar-refractivity contribution in [2.24, 2.45) is 4.99 Å². The Kier molecular flexibility index (Phi) is 8.20. The van der Waals surface area contributed by atoms with Crippen molar-refractivity contribution in [3.63, 3.8) is 0 Å². The molecule has 3 aromatic heterocycles. The minimum Gasteiger partial charge on any atom is -0.479 e. The highest BCUT2D eigenvalue weighted by atomic mass is 35.5. The topological polar surface area (TPSA) is 113 Å². The van der Waals surface area contributed by atoms with E-state index in [1.807, 2.05) is 0 Å². The number of nitrogens with zero attached hydrogens (tertiary/aromatic N) is 4. The van der Waals surface area contributed by atoms with Crippen molar-refractivity contribution in [3.05, 3.63) is 80.1 Å². The molecule has 12 heteroatoms. The van der Waals surface area contributed by atoms with Gasteiger partial charge in [-0.05, 0) is 63.1 Å². The van der Waals surface area contributed by atoms with E-state index in [-0.39, 0.29) is 57.7 Å². The average Bonchev–Trinajstić information content (AvgIpc) is 3.45. The Hall–Kier alpha value is -3.73. The molecule has 0 radical (unpaired) electrons. The molecule has 1 amide bonds. The number of amides is 1. The number of rotatable bonds is 7. The Morgan fingerprint density at radius 3 is 2.77 bits per heavy atom. The number of aromatic nitrogens is 3. The van der Waals surface area contributed by atoms with Gasteiger partial charge >= 0.3 is 5.97 Å². The largest absolute Gasteiger partial charge is 0.479 e. The highest BCUT2D eigenvalue weighted by Crippen LogP contribution is 2.28. The average molecular weight is 585 g/mol. The van der Waals surface area contributed by atoms with Crippen molar-refractivity contribution in [2.45, 2.75) is 45.4 Å². The summed E-state index contributed by atoms with van der Waals surface area (Å²) in [6, 6.07) is 11.2. The van der Waals surface area contributed by atoms with Gasteiger partial charge in [-0.2, -0.15) is 4.99 Å². The molecule has 0 N–H and O–H groups in total. The van der Waals surface area contributed by atoms with Crippen LogP contribution in [0.4, 0.5) is 0 Å². The highest BCUT2D eigenvalue weighted by Gasteiger charge is 2.25. The summed E-state index contributed by atoms with van der Waals surface area (Å²) in [6.45, 7) is 4.06. The van der Waals surface area contributed by atoms with Crippen LogP contribution < -0.4 is 15.8 Å². The predicted octanol–water partition coefficient (Wildman–Crippen LogP) is 4.21. The van der Waals surface area contributed by atoms with E-state index in [0.717, 1.165) is 12.8 Å². The second-order valence-corrected chi connectivity index (χ2v) is 10.1. The van der Waals surface area contributed by atoms with Crippen LogP contribution >= 0.6 is 23.2 Å². The van der Waals surface area contributed by atoms with E-state index in [2.05, 4.69) is 4.99 Å². The van der Waals surface area contributed by atoms with Crippen LogP contribution in [0.15, 0.2) is 58.4 Å². The molecular weight excluding hydrogens is 559 g/mol. The number of halogens is 2. The minimum atomic E-state index is -1.07. The van der Waals surface area contributed by atoms with Crippen LogP contribution in [0.1, 0.15) is 37.0 Å². The Morgan fingerprint density at radius 2 is 2.05 bits per heavy atom. The Labute approximate surface area is 238 Å². The molecule has 1 fully saturated rings. The molecule has 2 atom stereocenters. The maximum Gasteiger partial charge on any atom is 0.341 e. The third-order valence-electron chi connectivity index (χ3n) is 6.46. The Bertz CT molecular complexity index is 1740. The van der Waals surface area contributed by atoms with Gasteiger partial charge in [0.1, 0.15) is 22.6 Å². The molecular formula is C28H26Cl2N4O6. The van der Waals surface area contributed by atoms with E-state index in [9.17, 15) is 14.4 Å². The van der Waals surface area contributed by atoms with Gasteiger partial charge in [0.2, 0.25) is 0 Å². The monoisotopic (exact) mass is 584 g/mol. The van der Waals surface area contributed by atoms with Crippen LogP contribution in [0, 0.1) is 0 Å². The van der Waals surface area contributed by atoms with Gasteiger partial charge < -0.3 is 18.8 Å². The van der Waals surface area contributed by atoms with Crippen LogP contribution in [-0.4, -0.2) is 51.2 Å². The highest BCUT2D eigenvalue weighted by molar-refractivity contribution is 6.35. The lowest BCUT2D eigenvalue weighted by Crippen LogP contribution is -2.36. The summed E-state index contributed by atoms with van der Waals surface area (Å²) >= 11 is 12.2. The van der Waals surface area contributed by atoms with E-state index in [0.29, 0.717) is 17.3 Å². The van der Waals surface area contributed by atoms with Gasteiger partial charge in [-0.25, -0.2) is 9.78 Å². The number of benzene rings is 1. The zero-order chi connectivity index (χ0) is 28.4. The fourth-order valence-corrected chi connectivity index (χ4v) is 4.98. The standard InChI is InChI=1S/C28H26Cl2N4O6/c1-3-38-28(37)20-14-19-24(31-23-8-4-5-11-33(23)27(19)36)34(15-18-7-6-12-39-18)25(20)32-26(35)16(2)40-22-10-9-17(29)13-21(22)30/h4-5,8-11,13-14,16,18H,3,6-7,12,15H2,1-2H3/t16-,18+/m0/s1. The quantitative estimate of drug-likeness (QED) is 0.236. The first kappa shape index (κ1) is 27.8. The lowest BCUT2D eigenvalue weighted by atomic mass is 10.2. The molecule has 0 aliphatic carbocycles. The first-order valence-corrected chi connectivity index (χ1v) is 13.6. The fourth-order valence-electron chi connectivity index (χ4n) is 4.53. The Balaban J connectivity index is 1.72. The van der Waals surface area contributed by atoms with Crippen LogP contribution in [0.25, 0.3) is 16.7 Å². The lowest BCUT2D eigenvalue weighted by molar-refractivity contribution is -0.124. The van der Waals surface area contributed by atoms with E-state index in [1.54, 1.807) is 48.0 Å². The zero-order valence-corrected chi connectivity index (χ0v) is 23.3. The number of fused-ring (bicyclic) bond motifs is 2. The number of hydrogen-bond donors (Lipinski definition) is 0. The molecule has 5 rings (SSSR count). The third-order valence-corrected chi connectivity index (χ3v) is 6.99. The summed E-state index contributed by atoms with van der Waals surface area (Å²) in [4.78, 5) is 49.1. The normalized spacial score (nSPS) is 16.4. The molecule has 1 aliphatic heterocycles. The molecule has 40 heavy (non-hydrogen) atoms. The number of carbonyl (C=O) groups excluding carboxylic acids is 2. The van der Waals surface area contributed by atoms with Gasteiger partial charge in [-0.15, -0.1) is 0 Å². The van der Waals surface area contributed by atoms with E-state index >= 15 is 0 Å². The smallest absolute Gasteiger partial charge is 0.341 e. The summed E-state index contributed by atoms with van der Waals surface area (Å²) in [5.41, 5.74) is 0.236. The van der Waals surface area contributed by atoms with E-state index in [4.69, 9.17) is 42.4 Å². The molecule has 0 unspecified atom stereocenters. The van der Waals surface area contributed by atoms with Crippen LogP contribution in [0.3, 0.4) is 0 Å². The molecule has 0 bridgehead atoms. The SMILES string of the molecule is CCOC(=O)c1cc2c(=O)n3ccccc3nc2n(C[C@H]2CCCO2)c1=NC(=O)[C@H](C)Oc1ccc(Cl)cc1Cl. The Morgan fingerprint density at radius 1 is 1.23 bits per heavy atom. The minimum absolute atomic E-state index is 0.00344. The van der Waals surface area contributed by atoms with Gasteiger partial charge in [0.05, 0.1) is 29.7 Å². The third kappa shape index (κ3) is 5.60. The van der Waals surface area contributed by atoms with E-state index in [1.165, 1.54) is 23.5 Å². The van der Waals surface area contributed by atoms with Gasteiger partial charge in [-0.3, -0.25) is 14.0 Å².